The molecule has 104 valence electrons. The first kappa shape index (κ1) is 15.1. The number of nitrogens with two attached hydrogens (primary N) is 2. The van der Waals surface area contributed by atoms with Crippen molar-refractivity contribution in [2.24, 2.45) is 5.73 Å². The first-order valence-corrected chi connectivity index (χ1v) is 6.11. The molecule has 0 fully saturated rings. The van der Waals surface area contributed by atoms with E-state index < -0.39 is 5.91 Å². The van der Waals surface area contributed by atoms with Crippen molar-refractivity contribution in [2.45, 2.75) is 19.9 Å². The van der Waals surface area contributed by atoms with Gasteiger partial charge in [-0.25, -0.2) is 0 Å². The van der Waals surface area contributed by atoms with E-state index in [4.69, 9.17) is 23.1 Å². The topological polar surface area (TPSA) is 110 Å². The van der Waals surface area contributed by atoms with Crippen molar-refractivity contribution in [2.75, 3.05) is 17.6 Å². The summed E-state index contributed by atoms with van der Waals surface area (Å²) in [6.45, 7) is 3.69. The van der Waals surface area contributed by atoms with Gasteiger partial charge in [0.25, 0.3) is 5.91 Å². The van der Waals surface area contributed by atoms with Crippen LogP contribution in [0.3, 0.4) is 0 Å². The summed E-state index contributed by atoms with van der Waals surface area (Å²) in [7, 11) is 0. The van der Waals surface area contributed by atoms with E-state index in [9.17, 15) is 9.59 Å². The number of amides is 2. The van der Waals surface area contributed by atoms with Gasteiger partial charge < -0.3 is 22.1 Å². The summed E-state index contributed by atoms with van der Waals surface area (Å²) < 4.78 is 0. The van der Waals surface area contributed by atoms with Crippen molar-refractivity contribution in [3.05, 3.63) is 22.7 Å². The fourth-order valence-electron chi connectivity index (χ4n) is 1.54. The van der Waals surface area contributed by atoms with Gasteiger partial charge in [-0.3, -0.25) is 9.59 Å². The Bertz CT molecular complexity index is 503. The van der Waals surface area contributed by atoms with Gasteiger partial charge in [0.2, 0.25) is 5.91 Å². The third kappa shape index (κ3) is 4.33. The van der Waals surface area contributed by atoms with Crippen LogP contribution in [0.5, 0.6) is 0 Å². The van der Waals surface area contributed by atoms with Crippen LogP contribution >= 0.6 is 11.6 Å². The highest BCUT2D eigenvalue weighted by atomic mass is 35.5. The number of carbonyl (C=O) groups is 2. The normalized spacial score (nSPS) is 10.3. The number of benzene rings is 1. The van der Waals surface area contributed by atoms with Crippen LogP contribution in [-0.4, -0.2) is 24.4 Å². The highest BCUT2D eigenvalue weighted by molar-refractivity contribution is 6.34. The fraction of sp³-hybridized carbons (Fsp3) is 0.333. The van der Waals surface area contributed by atoms with Gasteiger partial charge in [0.15, 0.2) is 0 Å². The molecule has 2 amide bonds. The number of hydrogen-bond donors (Lipinski definition) is 4. The van der Waals surface area contributed by atoms with Crippen LogP contribution in [0.1, 0.15) is 24.2 Å². The second kappa shape index (κ2) is 6.29. The third-order valence-corrected chi connectivity index (χ3v) is 2.55. The van der Waals surface area contributed by atoms with E-state index in [0.717, 1.165) is 0 Å². The lowest BCUT2D eigenvalue weighted by molar-refractivity contribution is -0.119. The lowest BCUT2D eigenvalue weighted by Crippen LogP contribution is -2.35. The maximum Gasteiger partial charge on any atom is 0.250 e. The number of anilines is 2. The molecule has 0 bridgehead atoms. The average molecular weight is 285 g/mol. The zero-order valence-corrected chi connectivity index (χ0v) is 11.5. The molecule has 19 heavy (non-hydrogen) atoms. The molecule has 0 saturated heterocycles. The molecule has 1 aromatic carbocycles. The number of primary amides is 1. The molecule has 0 aliphatic rings. The molecule has 0 saturated carbocycles. The molecule has 6 nitrogen and oxygen atoms in total. The molecule has 0 radical (unpaired) electrons. The minimum atomic E-state index is -0.666. The minimum absolute atomic E-state index is 0.0118. The first-order valence-electron chi connectivity index (χ1n) is 5.73. The predicted molar refractivity (Wildman–Crippen MR) is 76.2 cm³/mol. The largest absolute Gasteiger partial charge is 0.399 e. The standard InChI is InChI=1S/C12H17ClN4O2/c1-6(2)17-10(18)5-16-11-8(12(15)19)3-7(14)4-9(11)13/h3-4,6,16H,5,14H2,1-2H3,(H2,15,19)(H,17,18). The predicted octanol–water partition coefficient (Wildman–Crippen LogP) is 0.958. The Morgan fingerprint density at radius 2 is 2.00 bits per heavy atom. The van der Waals surface area contributed by atoms with Gasteiger partial charge in [0, 0.05) is 11.7 Å². The lowest BCUT2D eigenvalue weighted by atomic mass is 10.1. The Kier molecular flexibility index (Phi) is 5.00. The van der Waals surface area contributed by atoms with Gasteiger partial charge >= 0.3 is 0 Å². The number of halogens is 1. The molecule has 0 aliphatic heterocycles. The number of nitrogens with one attached hydrogen (secondary N) is 2. The van der Waals surface area contributed by atoms with Crippen molar-refractivity contribution in [1.29, 1.82) is 0 Å². The van der Waals surface area contributed by atoms with Crippen LogP contribution in [0.25, 0.3) is 0 Å². The second-order valence-electron chi connectivity index (χ2n) is 4.37. The summed E-state index contributed by atoms with van der Waals surface area (Å²) in [4.78, 5) is 22.8. The molecule has 0 aliphatic carbocycles. The van der Waals surface area contributed by atoms with Crippen LogP contribution < -0.4 is 22.1 Å². The summed E-state index contributed by atoms with van der Waals surface area (Å²) in [6, 6.07) is 2.93. The summed E-state index contributed by atoms with van der Waals surface area (Å²) in [5.41, 5.74) is 11.6. The zero-order chi connectivity index (χ0) is 14.6. The molecule has 7 heteroatoms. The quantitative estimate of drug-likeness (QED) is 0.604. The third-order valence-electron chi connectivity index (χ3n) is 2.25. The van der Waals surface area contributed by atoms with Crippen molar-refractivity contribution in [3.8, 4) is 0 Å². The Balaban J connectivity index is 2.89. The number of nitrogen functional groups attached to an aromatic ring is 1. The van der Waals surface area contributed by atoms with E-state index in [1.165, 1.54) is 12.1 Å². The molecule has 1 rings (SSSR count). The highest BCUT2D eigenvalue weighted by Gasteiger charge is 2.14. The first-order chi connectivity index (χ1) is 8.81. The van der Waals surface area contributed by atoms with Crippen LogP contribution in [0.4, 0.5) is 11.4 Å². The Labute approximate surface area is 116 Å². The fourth-order valence-corrected chi connectivity index (χ4v) is 1.84. The number of hydrogen-bond acceptors (Lipinski definition) is 4. The van der Waals surface area contributed by atoms with Crippen molar-refractivity contribution in [3.63, 3.8) is 0 Å². The zero-order valence-electron chi connectivity index (χ0n) is 10.8. The van der Waals surface area contributed by atoms with Gasteiger partial charge in [-0.05, 0) is 26.0 Å². The maximum atomic E-state index is 11.5. The van der Waals surface area contributed by atoms with Crippen molar-refractivity contribution in [1.82, 2.24) is 5.32 Å². The van der Waals surface area contributed by atoms with Gasteiger partial charge in [-0.1, -0.05) is 11.6 Å². The Morgan fingerprint density at radius 3 is 2.53 bits per heavy atom. The van der Waals surface area contributed by atoms with Gasteiger partial charge in [0.1, 0.15) is 0 Å². The van der Waals surface area contributed by atoms with E-state index in [1.54, 1.807) is 0 Å². The van der Waals surface area contributed by atoms with Gasteiger partial charge in [0.05, 0.1) is 22.8 Å². The molecule has 0 heterocycles. The van der Waals surface area contributed by atoms with Crippen molar-refractivity contribution >= 4 is 34.8 Å². The van der Waals surface area contributed by atoms with E-state index >= 15 is 0 Å². The molecule has 0 atom stereocenters. The molecule has 0 aromatic heterocycles. The Hall–Kier alpha value is -1.95. The monoisotopic (exact) mass is 284 g/mol. The van der Waals surface area contributed by atoms with Gasteiger partial charge in [-0.2, -0.15) is 0 Å². The smallest absolute Gasteiger partial charge is 0.250 e. The average Bonchev–Trinajstić information content (AvgIpc) is 2.25. The summed E-state index contributed by atoms with van der Waals surface area (Å²) in [5.74, 6) is -0.876. The molecular formula is C12H17ClN4O2. The van der Waals surface area contributed by atoms with Crippen LogP contribution in [-0.2, 0) is 4.79 Å². The highest BCUT2D eigenvalue weighted by Crippen LogP contribution is 2.28. The maximum absolute atomic E-state index is 11.5. The molecule has 6 N–H and O–H groups in total. The summed E-state index contributed by atoms with van der Waals surface area (Å²) in [6.07, 6.45) is 0. The van der Waals surface area contributed by atoms with E-state index in [0.29, 0.717) is 11.4 Å². The van der Waals surface area contributed by atoms with E-state index in [1.807, 2.05) is 13.8 Å². The lowest BCUT2D eigenvalue weighted by Gasteiger charge is -2.14. The molecule has 0 spiro atoms. The van der Waals surface area contributed by atoms with Gasteiger partial charge in [-0.15, -0.1) is 0 Å². The van der Waals surface area contributed by atoms with Crippen molar-refractivity contribution < 1.29 is 9.59 Å². The SMILES string of the molecule is CC(C)NC(=O)CNc1c(Cl)cc(N)cc1C(N)=O. The minimum Gasteiger partial charge on any atom is -0.399 e. The molecule has 1 aromatic rings. The summed E-state index contributed by atoms with van der Waals surface area (Å²) in [5, 5.41) is 5.74. The van der Waals surface area contributed by atoms with Crippen LogP contribution in [0.15, 0.2) is 12.1 Å². The van der Waals surface area contributed by atoms with Crippen LogP contribution in [0, 0.1) is 0 Å². The van der Waals surface area contributed by atoms with E-state index in [2.05, 4.69) is 10.6 Å². The van der Waals surface area contributed by atoms with E-state index in [-0.39, 0.29) is 29.1 Å². The van der Waals surface area contributed by atoms with Crippen LogP contribution in [0.2, 0.25) is 5.02 Å². The Morgan fingerprint density at radius 1 is 1.37 bits per heavy atom. The summed E-state index contributed by atoms with van der Waals surface area (Å²) >= 11 is 5.99. The molecular weight excluding hydrogens is 268 g/mol. The number of carbonyl (C=O) groups excluding carboxylic acids is 2. The second-order valence-corrected chi connectivity index (χ2v) is 4.77. The number of rotatable bonds is 5. The molecule has 0 unspecified atom stereocenters.